The number of hydrazine groups is 1. The zero-order chi connectivity index (χ0) is 14.7. The van der Waals surface area contributed by atoms with E-state index in [1.807, 2.05) is 0 Å². The molecule has 4 N–H and O–H groups in total. The van der Waals surface area contributed by atoms with Crippen LogP contribution in [0.25, 0.3) is 0 Å². The molecule has 8 heteroatoms. The number of nitro groups is 1. The smallest absolute Gasteiger partial charge is 0.276 e. The Labute approximate surface area is 116 Å². The van der Waals surface area contributed by atoms with Crippen LogP contribution in [-0.2, 0) is 0 Å². The van der Waals surface area contributed by atoms with Gasteiger partial charge in [0.05, 0.1) is 29.2 Å². The molecule has 0 bridgehead atoms. The Bertz CT molecular complexity index is 496. The van der Waals surface area contributed by atoms with Crippen molar-refractivity contribution in [2.75, 3.05) is 17.4 Å². The van der Waals surface area contributed by atoms with Crippen LogP contribution in [-0.4, -0.2) is 34.2 Å². The Morgan fingerprint density at radius 2 is 2.20 bits per heavy atom. The third-order valence-electron chi connectivity index (χ3n) is 3.71. The SMILES string of the molecule is CN(c1cc([N+](=O)[O-])cc(NN)n1)C1CCCCC1O. The molecule has 1 aromatic heterocycles. The van der Waals surface area contributed by atoms with Gasteiger partial charge in [-0.05, 0) is 12.8 Å². The zero-order valence-electron chi connectivity index (χ0n) is 11.3. The Kier molecular flexibility index (Phi) is 4.35. The highest BCUT2D eigenvalue weighted by Crippen LogP contribution is 2.28. The van der Waals surface area contributed by atoms with Crippen LogP contribution in [0.3, 0.4) is 0 Å². The van der Waals surface area contributed by atoms with E-state index >= 15 is 0 Å². The molecule has 8 nitrogen and oxygen atoms in total. The predicted octanol–water partition coefficient (Wildman–Crippen LogP) is 1.02. The van der Waals surface area contributed by atoms with Crippen LogP contribution in [0.1, 0.15) is 25.7 Å². The van der Waals surface area contributed by atoms with Crippen molar-refractivity contribution in [3.05, 3.63) is 22.2 Å². The summed E-state index contributed by atoms with van der Waals surface area (Å²) >= 11 is 0. The molecule has 0 aromatic carbocycles. The number of hydrogen-bond donors (Lipinski definition) is 3. The number of nitrogens with one attached hydrogen (secondary N) is 1. The molecule has 110 valence electrons. The van der Waals surface area contributed by atoms with Gasteiger partial charge in [0.2, 0.25) is 0 Å². The lowest BCUT2D eigenvalue weighted by Crippen LogP contribution is -2.43. The van der Waals surface area contributed by atoms with Crippen molar-refractivity contribution in [1.29, 1.82) is 0 Å². The molecule has 1 fully saturated rings. The van der Waals surface area contributed by atoms with Gasteiger partial charge in [-0.15, -0.1) is 0 Å². The number of nitrogens with zero attached hydrogens (tertiary/aromatic N) is 3. The standard InChI is InChI=1S/C12H19N5O3/c1-16(9-4-2-3-5-10(9)18)12-7-8(17(19)20)6-11(14-12)15-13/h6-7,9-10,18H,2-5,13H2,1H3,(H,14,15). The fraction of sp³-hybridized carbons (Fsp3) is 0.583. The van der Waals surface area contributed by atoms with Crippen LogP contribution in [0.15, 0.2) is 12.1 Å². The third kappa shape index (κ3) is 2.97. The normalized spacial score (nSPS) is 22.4. The number of anilines is 2. The first-order valence-electron chi connectivity index (χ1n) is 6.57. The van der Waals surface area contributed by atoms with E-state index in [1.54, 1.807) is 11.9 Å². The van der Waals surface area contributed by atoms with Crippen LogP contribution >= 0.6 is 0 Å². The Hall–Kier alpha value is -1.93. The summed E-state index contributed by atoms with van der Waals surface area (Å²) < 4.78 is 0. The summed E-state index contributed by atoms with van der Waals surface area (Å²) in [5.41, 5.74) is 2.24. The van der Waals surface area contributed by atoms with Crippen LogP contribution in [0.5, 0.6) is 0 Å². The number of nitrogen functional groups attached to an aromatic ring is 1. The summed E-state index contributed by atoms with van der Waals surface area (Å²) in [6, 6.07) is 2.58. The zero-order valence-corrected chi connectivity index (χ0v) is 11.3. The number of aliphatic hydroxyl groups excluding tert-OH is 1. The van der Waals surface area contributed by atoms with Crippen LogP contribution in [0.2, 0.25) is 0 Å². The topological polar surface area (TPSA) is 118 Å². The van der Waals surface area contributed by atoms with Crippen molar-refractivity contribution >= 4 is 17.3 Å². The molecule has 1 heterocycles. The minimum atomic E-state index is -0.489. The van der Waals surface area contributed by atoms with E-state index < -0.39 is 11.0 Å². The largest absolute Gasteiger partial charge is 0.391 e. The summed E-state index contributed by atoms with van der Waals surface area (Å²) in [6.45, 7) is 0. The summed E-state index contributed by atoms with van der Waals surface area (Å²) in [5, 5.41) is 21.0. The summed E-state index contributed by atoms with van der Waals surface area (Å²) in [4.78, 5) is 16.4. The molecule has 2 unspecified atom stereocenters. The lowest BCUT2D eigenvalue weighted by atomic mass is 9.91. The van der Waals surface area contributed by atoms with Gasteiger partial charge < -0.3 is 15.4 Å². The number of nitrogens with two attached hydrogens (primary N) is 1. The molecule has 0 radical (unpaired) electrons. The number of aliphatic hydroxyl groups is 1. The van der Waals surface area contributed by atoms with Crippen molar-refractivity contribution in [2.45, 2.75) is 37.8 Å². The highest BCUT2D eigenvalue weighted by atomic mass is 16.6. The highest BCUT2D eigenvalue weighted by molar-refractivity contribution is 5.55. The van der Waals surface area contributed by atoms with E-state index in [4.69, 9.17) is 5.84 Å². The second kappa shape index (κ2) is 6.02. The van der Waals surface area contributed by atoms with Gasteiger partial charge in [0.1, 0.15) is 11.6 Å². The van der Waals surface area contributed by atoms with E-state index in [1.165, 1.54) is 12.1 Å². The number of rotatable bonds is 4. The van der Waals surface area contributed by atoms with Crippen molar-refractivity contribution in [3.63, 3.8) is 0 Å². The molecule has 1 aliphatic rings. The molecule has 0 amide bonds. The highest BCUT2D eigenvalue weighted by Gasteiger charge is 2.28. The second-order valence-electron chi connectivity index (χ2n) is 5.00. The van der Waals surface area contributed by atoms with Gasteiger partial charge >= 0.3 is 0 Å². The predicted molar refractivity (Wildman–Crippen MR) is 75.4 cm³/mol. The summed E-state index contributed by atoms with van der Waals surface area (Å²) in [5.74, 6) is 5.95. The fourth-order valence-electron chi connectivity index (χ4n) is 2.58. The Balaban J connectivity index is 2.30. The molecule has 0 spiro atoms. The van der Waals surface area contributed by atoms with Gasteiger partial charge in [-0.3, -0.25) is 10.1 Å². The molecule has 0 saturated heterocycles. The molecule has 1 saturated carbocycles. The van der Waals surface area contributed by atoms with Crippen molar-refractivity contribution in [3.8, 4) is 0 Å². The Morgan fingerprint density at radius 3 is 2.80 bits per heavy atom. The first kappa shape index (κ1) is 14.5. The second-order valence-corrected chi connectivity index (χ2v) is 5.00. The van der Waals surface area contributed by atoms with Gasteiger partial charge in [0.15, 0.2) is 0 Å². The molecule has 0 aliphatic heterocycles. The van der Waals surface area contributed by atoms with E-state index in [0.29, 0.717) is 5.82 Å². The van der Waals surface area contributed by atoms with E-state index in [-0.39, 0.29) is 17.5 Å². The van der Waals surface area contributed by atoms with Crippen molar-refractivity contribution in [2.24, 2.45) is 5.84 Å². The van der Waals surface area contributed by atoms with Gasteiger partial charge in [-0.25, -0.2) is 10.8 Å². The van der Waals surface area contributed by atoms with E-state index in [2.05, 4.69) is 10.4 Å². The van der Waals surface area contributed by atoms with Crippen LogP contribution in [0.4, 0.5) is 17.3 Å². The molecular weight excluding hydrogens is 262 g/mol. The number of likely N-dealkylation sites (N-methyl/N-ethyl adjacent to an activating group) is 1. The lowest BCUT2D eigenvalue weighted by Gasteiger charge is -2.35. The molecule has 2 rings (SSSR count). The minimum absolute atomic E-state index is 0.0797. The molecule has 2 atom stereocenters. The summed E-state index contributed by atoms with van der Waals surface area (Å²) in [6.07, 6.45) is 3.18. The number of pyridine rings is 1. The maximum atomic E-state index is 10.9. The molecular formula is C12H19N5O3. The van der Waals surface area contributed by atoms with Gasteiger partial charge in [-0.1, -0.05) is 12.8 Å². The van der Waals surface area contributed by atoms with Gasteiger partial charge in [0.25, 0.3) is 5.69 Å². The fourth-order valence-corrected chi connectivity index (χ4v) is 2.58. The van der Waals surface area contributed by atoms with E-state index in [9.17, 15) is 15.2 Å². The minimum Gasteiger partial charge on any atom is -0.391 e. The number of aromatic nitrogens is 1. The molecule has 20 heavy (non-hydrogen) atoms. The average molecular weight is 281 g/mol. The average Bonchev–Trinajstić information content (AvgIpc) is 2.46. The van der Waals surface area contributed by atoms with Crippen LogP contribution < -0.4 is 16.2 Å². The number of hydrogen-bond acceptors (Lipinski definition) is 7. The monoisotopic (exact) mass is 281 g/mol. The van der Waals surface area contributed by atoms with Gasteiger partial charge in [-0.2, -0.15) is 0 Å². The van der Waals surface area contributed by atoms with E-state index in [0.717, 1.165) is 25.7 Å². The maximum absolute atomic E-state index is 10.9. The van der Waals surface area contributed by atoms with Crippen molar-refractivity contribution < 1.29 is 10.0 Å². The first-order chi connectivity index (χ1) is 9.52. The van der Waals surface area contributed by atoms with Crippen LogP contribution in [0, 0.1) is 10.1 Å². The van der Waals surface area contributed by atoms with Crippen molar-refractivity contribution in [1.82, 2.24) is 4.98 Å². The third-order valence-corrected chi connectivity index (χ3v) is 3.71. The quantitative estimate of drug-likeness (QED) is 0.428. The van der Waals surface area contributed by atoms with Gasteiger partial charge in [0, 0.05) is 7.05 Å². The molecule has 1 aliphatic carbocycles. The Morgan fingerprint density at radius 1 is 1.50 bits per heavy atom. The lowest BCUT2D eigenvalue weighted by molar-refractivity contribution is -0.384. The molecule has 1 aromatic rings. The maximum Gasteiger partial charge on any atom is 0.276 e. The summed E-state index contributed by atoms with van der Waals surface area (Å²) in [7, 11) is 1.78. The first-order valence-corrected chi connectivity index (χ1v) is 6.57.